The number of aliphatic carboxylic acids is 1. The number of hydrogen-bond acceptors (Lipinski definition) is 4. The molecule has 0 saturated heterocycles. The fourth-order valence-corrected chi connectivity index (χ4v) is 2.58. The van der Waals surface area contributed by atoms with Gasteiger partial charge in [-0.2, -0.15) is 0 Å². The van der Waals surface area contributed by atoms with Crippen LogP contribution in [-0.2, 0) is 4.79 Å². The van der Waals surface area contributed by atoms with Gasteiger partial charge in [-0.3, -0.25) is 4.79 Å². The molecule has 5 heteroatoms. The van der Waals surface area contributed by atoms with E-state index in [2.05, 4.69) is 12.2 Å². The van der Waals surface area contributed by atoms with Gasteiger partial charge in [0.15, 0.2) is 0 Å². The maximum absolute atomic E-state index is 10.3. The van der Waals surface area contributed by atoms with Crippen LogP contribution in [0.25, 0.3) is 0 Å². The Morgan fingerprint density at radius 3 is 1.36 bits per heavy atom. The summed E-state index contributed by atoms with van der Waals surface area (Å²) in [5.74, 6) is -0.655. The van der Waals surface area contributed by atoms with E-state index in [1.165, 1.54) is 70.6 Å². The van der Waals surface area contributed by atoms with Crippen LogP contribution in [0.5, 0.6) is 0 Å². The maximum Gasteiger partial charge on any atom is 0.303 e. The number of aliphatic hydroxyl groups excluding tert-OH is 2. The van der Waals surface area contributed by atoms with E-state index in [1.807, 2.05) is 0 Å². The Kier molecular flexibility index (Phi) is 27.2. The monoisotopic (exact) mass is 361 g/mol. The van der Waals surface area contributed by atoms with Crippen molar-refractivity contribution in [3.63, 3.8) is 0 Å². The lowest BCUT2D eigenvalue weighted by Gasteiger charge is -2.02. The highest BCUT2D eigenvalue weighted by Crippen LogP contribution is 2.12. The van der Waals surface area contributed by atoms with Crippen molar-refractivity contribution < 1.29 is 20.1 Å². The Balaban J connectivity index is 0. The number of aliphatic hydroxyl groups is 2. The molecule has 0 amide bonds. The van der Waals surface area contributed by atoms with E-state index >= 15 is 0 Å². The molecule has 0 aliphatic rings. The van der Waals surface area contributed by atoms with Crippen molar-refractivity contribution >= 4 is 5.97 Å². The van der Waals surface area contributed by atoms with Crippen LogP contribution in [0.2, 0.25) is 0 Å². The zero-order chi connectivity index (χ0) is 19.0. The summed E-state index contributed by atoms with van der Waals surface area (Å²) in [6, 6.07) is 0. The molecule has 0 fully saturated rings. The molecule has 0 aliphatic carbocycles. The highest BCUT2D eigenvalue weighted by Gasteiger charge is 1.96. The lowest BCUT2D eigenvalue weighted by molar-refractivity contribution is -0.137. The zero-order valence-electron chi connectivity index (χ0n) is 16.5. The summed E-state index contributed by atoms with van der Waals surface area (Å²) in [6.07, 6.45) is 17.3. The maximum atomic E-state index is 10.3. The third-order valence-electron chi connectivity index (χ3n) is 4.07. The van der Waals surface area contributed by atoms with E-state index in [0.717, 1.165) is 12.8 Å². The highest BCUT2D eigenvalue weighted by molar-refractivity contribution is 5.66. The van der Waals surface area contributed by atoms with E-state index in [4.69, 9.17) is 15.3 Å². The second-order valence-corrected chi connectivity index (χ2v) is 6.58. The molecule has 0 aromatic rings. The van der Waals surface area contributed by atoms with Crippen LogP contribution in [0.3, 0.4) is 0 Å². The van der Waals surface area contributed by atoms with Crippen LogP contribution >= 0.6 is 0 Å². The fraction of sp³-hybridized carbons (Fsp3) is 0.950. The molecule has 0 spiro atoms. The predicted molar refractivity (Wildman–Crippen MR) is 105 cm³/mol. The van der Waals surface area contributed by atoms with Gasteiger partial charge < -0.3 is 20.6 Å². The minimum absolute atomic E-state index is 0.139. The Hall–Kier alpha value is -0.650. The van der Waals surface area contributed by atoms with Crippen molar-refractivity contribution in [2.45, 2.75) is 96.8 Å². The predicted octanol–water partition coefficient (Wildman–Crippen LogP) is 4.11. The van der Waals surface area contributed by atoms with Crippen molar-refractivity contribution in [2.75, 3.05) is 26.3 Å². The Bertz CT molecular complexity index is 246. The lowest BCUT2D eigenvalue weighted by atomic mass is 10.0. The van der Waals surface area contributed by atoms with Gasteiger partial charge >= 0.3 is 5.97 Å². The van der Waals surface area contributed by atoms with E-state index in [1.54, 1.807) is 0 Å². The van der Waals surface area contributed by atoms with Crippen LogP contribution in [0.15, 0.2) is 0 Å². The summed E-state index contributed by atoms with van der Waals surface area (Å²) in [5, 5.41) is 27.6. The fourth-order valence-electron chi connectivity index (χ4n) is 2.58. The summed E-state index contributed by atoms with van der Waals surface area (Å²) in [4.78, 5) is 10.3. The standard InChI is InChI=1S/C16H32O2.C4H11NO2/c1-2-3-4-5-6-7-8-9-10-11-12-13-14-15-16(17)18;6-3-1-5-2-4-7/h2-15H2,1H3,(H,17,18);5-7H,1-4H2. The number of carboxylic acids is 1. The molecule has 0 radical (unpaired) electrons. The topological polar surface area (TPSA) is 89.8 Å². The number of unbranched alkanes of at least 4 members (excludes halogenated alkanes) is 12. The molecule has 0 atom stereocenters. The normalized spacial score (nSPS) is 10.4. The average Bonchev–Trinajstić information content (AvgIpc) is 2.60. The zero-order valence-corrected chi connectivity index (χ0v) is 16.5. The van der Waals surface area contributed by atoms with Gasteiger partial charge in [-0.05, 0) is 6.42 Å². The SMILES string of the molecule is CCCCCCCCCCCCCCCC(=O)O.OCCNCCO. The van der Waals surface area contributed by atoms with Gasteiger partial charge in [-0.25, -0.2) is 0 Å². The Morgan fingerprint density at radius 1 is 0.680 bits per heavy atom. The minimum Gasteiger partial charge on any atom is -0.481 e. The highest BCUT2D eigenvalue weighted by atomic mass is 16.4. The van der Waals surface area contributed by atoms with Crippen LogP contribution in [0.4, 0.5) is 0 Å². The van der Waals surface area contributed by atoms with Crippen LogP contribution < -0.4 is 5.32 Å². The molecule has 4 N–H and O–H groups in total. The van der Waals surface area contributed by atoms with Crippen LogP contribution in [0, 0.1) is 0 Å². The number of carbonyl (C=O) groups is 1. The second-order valence-electron chi connectivity index (χ2n) is 6.58. The molecule has 5 nitrogen and oxygen atoms in total. The van der Waals surface area contributed by atoms with Crippen molar-refractivity contribution in [1.29, 1.82) is 0 Å². The largest absolute Gasteiger partial charge is 0.481 e. The summed E-state index contributed by atoms with van der Waals surface area (Å²) >= 11 is 0. The second kappa shape index (κ2) is 25.6. The van der Waals surface area contributed by atoms with E-state index in [0.29, 0.717) is 19.5 Å². The smallest absolute Gasteiger partial charge is 0.303 e. The van der Waals surface area contributed by atoms with Gasteiger partial charge in [0.1, 0.15) is 0 Å². The Morgan fingerprint density at radius 2 is 1.04 bits per heavy atom. The van der Waals surface area contributed by atoms with Gasteiger partial charge in [-0.15, -0.1) is 0 Å². The quantitative estimate of drug-likeness (QED) is 0.276. The molecule has 25 heavy (non-hydrogen) atoms. The summed E-state index contributed by atoms with van der Waals surface area (Å²) in [6.45, 7) is 3.68. The average molecular weight is 362 g/mol. The molecule has 0 bridgehead atoms. The molecule has 0 aliphatic heterocycles. The van der Waals surface area contributed by atoms with E-state index in [9.17, 15) is 4.79 Å². The third kappa shape index (κ3) is 31.6. The Labute approximate surface area is 155 Å². The van der Waals surface area contributed by atoms with Gasteiger partial charge in [0.25, 0.3) is 0 Å². The van der Waals surface area contributed by atoms with Gasteiger partial charge in [0.2, 0.25) is 0 Å². The minimum atomic E-state index is -0.655. The summed E-state index contributed by atoms with van der Waals surface area (Å²) in [5.41, 5.74) is 0. The molecular formula is C20H43NO4. The van der Waals surface area contributed by atoms with Crippen molar-refractivity contribution in [3.8, 4) is 0 Å². The molecule has 0 unspecified atom stereocenters. The molecule has 0 aromatic carbocycles. The van der Waals surface area contributed by atoms with E-state index in [-0.39, 0.29) is 13.2 Å². The van der Waals surface area contributed by atoms with Crippen molar-refractivity contribution in [2.24, 2.45) is 0 Å². The number of nitrogens with one attached hydrogen (secondary N) is 1. The van der Waals surface area contributed by atoms with Gasteiger partial charge in [-0.1, -0.05) is 84.0 Å². The van der Waals surface area contributed by atoms with Gasteiger partial charge in [0.05, 0.1) is 13.2 Å². The van der Waals surface area contributed by atoms with E-state index < -0.39 is 5.97 Å². The first-order valence-electron chi connectivity index (χ1n) is 10.3. The summed E-state index contributed by atoms with van der Waals surface area (Å²) in [7, 11) is 0. The third-order valence-corrected chi connectivity index (χ3v) is 4.07. The molecule has 152 valence electrons. The molecule has 0 heterocycles. The summed E-state index contributed by atoms with van der Waals surface area (Å²) < 4.78 is 0. The first-order chi connectivity index (χ1) is 12.2. The van der Waals surface area contributed by atoms with Crippen LogP contribution in [-0.4, -0.2) is 47.6 Å². The first-order valence-corrected chi connectivity index (χ1v) is 10.3. The molecule has 0 aromatic heterocycles. The molecular weight excluding hydrogens is 318 g/mol. The molecule has 0 rings (SSSR count). The van der Waals surface area contributed by atoms with Crippen molar-refractivity contribution in [1.82, 2.24) is 5.32 Å². The van der Waals surface area contributed by atoms with Crippen LogP contribution in [0.1, 0.15) is 96.8 Å². The van der Waals surface area contributed by atoms with Gasteiger partial charge in [0, 0.05) is 19.5 Å². The number of rotatable bonds is 18. The number of carboxylic acid groups (broad SMARTS) is 1. The molecule has 0 saturated carbocycles. The lowest BCUT2D eigenvalue weighted by Crippen LogP contribution is -2.21. The van der Waals surface area contributed by atoms with Crippen molar-refractivity contribution in [3.05, 3.63) is 0 Å². The first kappa shape index (κ1) is 26.6. The number of hydrogen-bond donors (Lipinski definition) is 4.